The third-order valence-corrected chi connectivity index (χ3v) is 11.7. The van der Waals surface area contributed by atoms with Gasteiger partial charge in [-0.25, -0.2) is 9.37 Å². The average molecular weight is 710 g/mol. The SMILES string of the molecule is Cc1cnc(N2CC3(CCOCC3)C2)c(C(=O)Nc2ccc(C(=O)N3CCc4cc(C(=O)NC5CCOCC5)sc4-c4ccc(F)cc43)cc2)c1. The zero-order valence-corrected chi connectivity index (χ0v) is 29.3. The van der Waals surface area contributed by atoms with Crippen molar-refractivity contribution >= 4 is 46.3 Å². The molecule has 4 aliphatic rings. The molecular weight excluding hydrogens is 670 g/mol. The Labute approximate surface area is 300 Å². The molecule has 3 amide bonds. The van der Waals surface area contributed by atoms with Crippen LogP contribution in [-0.2, 0) is 15.9 Å². The van der Waals surface area contributed by atoms with Crippen LogP contribution in [0, 0.1) is 18.2 Å². The molecule has 8 rings (SSSR count). The van der Waals surface area contributed by atoms with Crippen LogP contribution in [0.4, 0.5) is 21.6 Å². The molecule has 10 nitrogen and oxygen atoms in total. The highest BCUT2D eigenvalue weighted by Crippen LogP contribution is 2.44. The number of hydrogen-bond donors (Lipinski definition) is 2. The molecule has 2 aromatic heterocycles. The number of rotatable bonds is 6. The minimum Gasteiger partial charge on any atom is -0.381 e. The lowest BCUT2D eigenvalue weighted by atomic mass is 9.73. The molecular formula is C39H40FN5O5S. The molecule has 0 radical (unpaired) electrons. The Balaban J connectivity index is 0.977. The number of benzene rings is 2. The summed E-state index contributed by atoms with van der Waals surface area (Å²) in [6, 6.07) is 15.1. The van der Waals surface area contributed by atoms with Crippen LogP contribution in [-0.4, -0.2) is 74.8 Å². The van der Waals surface area contributed by atoms with E-state index < -0.39 is 5.82 Å². The van der Waals surface area contributed by atoms with Crippen molar-refractivity contribution < 1.29 is 28.2 Å². The van der Waals surface area contributed by atoms with Crippen LogP contribution in [0.15, 0.2) is 60.8 Å². The zero-order valence-electron chi connectivity index (χ0n) is 28.5. The molecule has 264 valence electrons. The minimum absolute atomic E-state index is 0.0786. The van der Waals surface area contributed by atoms with E-state index in [0.717, 1.165) is 68.0 Å². The largest absolute Gasteiger partial charge is 0.381 e. The molecule has 3 saturated heterocycles. The smallest absolute Gasteiger partial charge is 0.261 e. The number of aryl methyl sites for hydroxylation is 1. The van der Waals surface area contributed by atoms with Gasteiger partial charge in [0.15, 0.2) is 0 Å². The lowest BCUT2D eigenvalue weighted by Crippen LogP contribution is -2.59. The monoisotopic (exact) mass is 709 g/mol. The van der Waals surface area contributed by atoms with Gasteiger partial charge in [0.2, 0.25) is 0 Å². The van der Waals surface area contributed by atoms with Crippen molar-refractivity contribution in [1.29, 1.82) is 0 Å². The fourth-order valence-corrected chi connectivity index (χ4v) is 8.75. The van der Waals surface area contributed by atoms with Gasteiger partial charge in [-0.1, -0.05) is 0 Å². The Morgan fingerprint density at radius 3 is 2.45 bits per heavy atom. The molecule has 4 aromatic rings. The predicted octanol–water partition coefficient (Wildman–Crippen LogP) is 6.24. The molecule has 0 atom stereocenters. The van der Waals surface area contributed by atoms with E-state index in [2.05, 4.69) is 20.5 Å². The van der Waals surface area contributed by atoms with Crippen molar-refractivity contribution in [3.8, 4) is 10.4 Å². The van der Waals surface area contributed by atoms with Crippen LogP contribution in [0.1, 0.15) is 67.2 Å². The quantitative estimate of drug-likeness (QED) is 0.244. The first-order valence-electron chi connectivity index (χ1n) is 17.6. The van der Waals surface area contributed by atoms with Crippen molar-refractivity contribution in [2.45, 2.75) is 45.1 Å². The van der Waals surface area contributed by atoms with Gasteiger partial charge in [-0.15, -0.1) is 11.3 Å². The van der Waals surface area contributed by atoms with E-state index in [1.165, 1.54) is 23.5 Å². The second-order valence-electron chi connectivity index (χ2n) is 14.1. The predicted molar refractivity (Wildman–Crippen MR) is 194 cm³/mol. The van der Waals surface area contributed by atoms with E-state index in [1.54, 1.807) is 41.4 Å². The molecule has 0 saturated carbocycles. The highest BCUT2D eigenvalue weighted by Gasteiger charge is 2.45. The fraction of sp³-hybridized carbons (Fsp3) is 0.385. The summed E-state index contributed by atoms with van der Waals surface area (Å²) in [6.07, 6.45) is 5.90. The Morgan fingerprint density at radius 2 is 1.69 bits per heavy atom. The number of aromatic nitrogens is 1. The van der Waals surface area contributed by atoms with Crippen LogP contribution in [0.25, 0.3) is 10.4 Å². The third-order valence-electron chi connectivity index (χ3n) is 10.5. The van der Waals surface area contributed by atoms with E-state index in [1.807, 2.05) is 19.1 Å². The number of nitrogens with zero attached hydrogens (tertiary/aromatic N) is 3. The van der Waals surface area contributed by atoms with Gasteiger partial charge in [-0.05, 0) is 105 Å². The highest BCUT2D eigenvalue weighted by atomic mass is 32.1. The topological polar surface area (TPSA) is 113 Å². The number of fused-ring (bicyclic) bond motifs is 3. The van der Waals surface area contributed by atoms with E-state index in [4.69, 9.17) is 9.47 Å². The summed E-state index contributed by atoms with van der Waals surface area (Å²) in [5.74, 6) is -0.445. The number of halogens is 1. The van der Waals surface area contributed by atoms with Gasteiger partial charge < -0.3 is 29.9 Å². The Kier molecular flexibility index (Phi) is 9.07. The van der Waals surface area contributed by atoms with Crippen molar-refractivity contribution in [3.63, 3.8) is 0 Å². The second-order valence-corrected chi connectivity index (χ2v) is 15.1. The number of hydrogen-bond acceptors (Lipinski definition) is 8. The lowest BCUT2D eigenvalue weighted by Gasteiger charge is -2.53. The summed E-state index contributed by atoms with van der Waals surface area (Å²) >= 11 is 1.37. The molecule has 2 aromatic carbocycles. The molecule has 51 heavy (non-hydrogen) atoms. The summed E-state index contributed by atoms with van der Waals surface area (Å²) in [7, 11) is 0. The molecule has 0 bridgehead atoms. The molecule has 0 unspecified atom stereocenters. The first kappa shape index (κ1) is 33.5. The van der Waals surface area contributed by atoms with Gasteiger partial charge in [-0.3, -0.25) is 14.4 Å². The van der Waals surface area contributed by atoms with Crippen molar-refractivity contribution in [3.05, 3.63) is 93.7 Å². The minimum atomic E-state index is -0.451. The van der Waals surface area contributed by atoms with Gasteiger partial charge in [0.1, 0.15) is 11.6 Å². The summed E-state index contributed by atoms with van der Waals surface area (Å²) in [6.45, 7) is 6.75. The van der Waals surface area contributed by atoms with Crippen LogP contribution >= 0.6 is 11.3 Å². The van der Waals surface area contributed by atoms with Crippen molar-refractivity contribution in [1.82, 2.24) is 10.3 Å². The molecule has 2 N–H and O–H groups in total. The van der Waals surface area contributed by atoms with Crippen LogP contribution in [0.2, 0.25) is 0 Å². The molecule has 3 fully saturated rings. The number of anilines is 3. The molecule has 0 aliphatic carbocycles. The summed E-state index contributed by atoms with van der Waals surface area (Å²) in [5, 5.41) is 6.11. The maximum atomic E-state index is 14.7. The molecule has 6 heterocycles. The van der Waals surface area contributed by atoms with Crippen LogP contribution in [0.3, 0.4) is 0 Å². The Bertz CT molecular complexity index is 1980. The summed E-state index contributed by atoms with van der Waals surface area (Å²) in [5.41, 5.74) is 4.71. The zero-order chi connectivity index (χ0) is 35.1. The second kappa shape index (κ2) is 13.8. The van der Waals surface area contributed by atoms with Gasteiger partial charge >= 0.3 is 0 Å². The summed E-state index contributed by atoms with van der Waals surface area (Å²) < 4.78 is 25.7. The van der Waals surface area contributed by atoms with E-state index in [0.29, 0.717) is 64.9 Å². The van der Waals surface area contributed by atoms with Crippen LogP contribution in [0.5, 0.6) is 0 Å². The maximum Gasteiger partial charge on any atom is 0.261 e. The van der Waals surface area contributed by atoms with Gasteiger partial charge in [0.05, 0.1) is 16.1 Å². The number of ether oxygens (including phenoxy) is 2. The van der Waals surface area contributed by atoms with Crippen molar-refractivity contribution in [2.75, 3.05) is 61.2 Å². The number of nitrogens with one attached hydrogen (secondary N) is 2. The number of carbonyl (C=O) groups excluding carboxylic acids is 3. The van der Waals surface area contributed by atoms with Gasteiger partial charge in [0.25, 0.3) is 17.7 Å². The molecule has 12 heteroatoms. The third kappa shape index (κ3) is 6.75. The number of thiophene rings is 1. The maximum absolute atomic E-state index is 14.7. The lowest BCUT2D eigenvalue weighted by molar-refractivity contribution is -0.000511. The number of carbonyl (C=O) groups is 3. The molecule has 1 spiro atoms. The van der Waals surface area contributed by atoms with E-state index >= 15 is 0 Å². The standard InChI is InChI=1S/C39H40FN5O5S/c1-24-18-31(35(41-21-24)44-22-39(23-44)11-16-50-17-12-39)36(46)42-28-5-2-25(3-6-28)38(48)45-13-8-26-19-33(37(47)43-29-9-14-49-15-10-29)51-34(26)30-7-4-27(40)20-32(30)45/h2-7,18-21,29H,8-17,22-23H2,1H3,(H,42,46)(H,43,47). The normalized spacial score (nSPS) is 18.3. The highest BCUT2D eigenvalue weighted by molar-refractivity contribution is 7.17. The van der Waals surface area contributed by atoms with E-state index in [-0.39, 0.29) is 29.2 Å². The summed E-state index contributed by atoms with van der Waals surface area (Å²) in [4.78, 5) is 50.6. The Morgan fingerprint density at radius 1 is 0.941 bits per heavy atom. The first-order chi connectivity index (χ1) is 24.7. The number of amides is 3. The van der Waals surface area contributed by atoms with Crippen LogP contribution < -0.4 is 20.4 Å². The van der Waals surface area contributed by atoms with Gasteiger partial charge in [0, 0.05) is 85.4 Å². The Hall–Kier alpha value is -4.65. The fourth-order valence-electron chi connectivity index (χ4n) is 7.60. The number of pyridine rings is 1. The average Bonchev–Trinajstić information content (AvgIpc) is 3.50. The van der Waals surface area contributed by atoms with Crippen molar-refractivity contribution in [2.24, 2.45) is 5.41 Å². The molecule has 4 aliphatic heterocycles. The van der Waals surface area contributed by atoms with Gasteiger partial charge in [-0.2, -0.15) is 0 Å². The first-order valence-corrected chi connectivity index (χ1v) is 18.4. The van der Waals surface area contributed by atoms with E-state index in [9.17, 15) is 18.8 Å².